The second-order valence-electron chi connectivity index (χ2n) is 5.19. The first-order valence-corrected chi connectivity index (χ1v) is 7.17. The Labute approximate surface area is 114 Å². The molecule has 1 saturated heterocycles. The lowest BCUT2D eigenvalue weighted by molar-refractivity contribution is 0.102. The summed E-state index contributed by atoms with van der Waals surface area (Å²) in [5.74, 6) is 0. The van der Waals surface area contributed by atoms with Gasteiger partial charge in [-0.2, -0.15) is 0 Å². The number of nitrogens with zero attached hydrogens (tertiary/aromatic N) is 2. The van der Waals surface area contributed by atoms with Crippen molar-refractivity contribution < 1.29 is 9.90 Å². The first-order chi connectivity index (χ1) is 9.27. The molecule has 2 heterocycles. The van der Waals surface area contributed by atoms with E-state index in [1.54, 1.807) is 4.90 Å². The van der Waals surface area contributed by atoms with Gasteiger partial charge in [-0.1, -0.05) is 12.5 Å². The molecule has 0 saturated carbocycles. The maximum Gasteiger partial charge on any atom is 0.407 e. The Bertz CT molecular complexity index is 394. The van der Waals surface area contributed by atoms with Gasteiger partial charge in [-0.25, -0.2) is 4.79 Å². The third kappa shape index (κ3) is 4.23. The van der Waals surface area contributed by atoms with Crippen LogP contribution >= 0.6 is 0 Å². The molecule has 104 valence electrons. The largest absolute Gasteiger partial charge is 0.465 e. The molecule has 0 aromatic carbocycles. The van der Waals surface area contributed by atoms with Crippen LogP contribution in [0.3, 0.4) is 0 Å². The number of carboxylic acid groups (broad SMARTS) is 1. The zero-order valence-corrected chi connectivity index (χ0v) is 11.3. The third-order valence-electron chi connectivity index (χ3n) is 3.82. The van der Waals surface area contributed by atoms with Gasteiger partial charge in [-0.3, -0.25) is 4.98 Å². The number of aromatic nitrogens is 1. The van der Waals surface area contributed by atoms with E-state index in [4.69, 9.17) is 5.11 Å². The van der Waals surface area contributed by atoms with Gasteiger partial charge in [0, 0.05) is 24.5 Å². The minimum atomic E-state index is -0.755. The van der Waals surface area contributed by atoms with Crippen LogP contribution in [0.1, 0.15) is 44.2 Å². The molecule has 4 heteroatoms. The van der Waals surface area contributed by atoms with Crippen molar-refractivity contribution in [1.29, 1.82) is 0 Å². The van der Waals surface area contributed by atoms with Crippen LogP contribution in [-0.4, -0.2) is 33.7 Å². The second kappa shape index (κ2) is 7.12. The van der Waals surface area contributed by atoms with E-state index in [1.165, 1.54) is 0 Å². The van der Waals surface area contributed by atoms with E-state index < -0.39 is 6.09 Å². The summed E-state index contributed by atoms with van der Waals surface area (Å²) in [5.41, 5.74) is 1.13. The van der Waals surface area contributed by atoms with Crippen molar-refractivity contribution in [2.45, 2.75) is 51.0 Å². The maximum absolute atomic E-state index is 11.1. The Balaban J connectivity index is 1.71. The van der Waals surface area contributed by atoms with Gasteiger partial charge in [0.2, 0.25) is 0 Å². The van der Waals surface area contributed by atoms with E-state index in [0.29, 0.717) is 6.54 Å². The minimum absolute atomic E-state index is 0.231. The molecule has 1 N–H and O–H groups in total. The fraction of sp³-hybridized carbons (Fsp3) is 0.600. The minimum Gasteiger partial charge on any atom is -0.465 e. The van der Waals surface area contributed by atoms with Gasteiger partial charge in [0.25, 0.3) is 0 Å². The Morgan fingerprint density at radius 1 is 1.37 bits per heavy atom. The summed E-state index contributed by atoms with van der Waals surface area (Å²) in [6.07, 6.45) is 8.39. The normalized spacial score (nSPS) is 19.4. The van der Waals surface area contributed by atoms with E-state index in [9.17, 15) is 4.79 Å². The molecule has 1 aromatic heterocycles. The van der Waals surface area contributed by atoms with Crippen molar-refractivity contribution in [2.24, 2.45) is 0 Å². The maximum atomic E-state index is 11.1. The fourth-order valence-corrected chi connectivity index (χ4v) is 2.78. The second-order valence-corrected chi connectivity index (χ2v) is 5.19. The average molecular weight is 262 g/mol. The van der Waals surface area contributed by atoms with Gasteiger partial charge in [-0.15, -0.1) is 0 Å². The van der Waals surface area contributed by atoms with Crippen LogP contribution in [0.4, 0.5) is 4.79 Å². The van der Waals surface area contributed by atoms with E-state index in [0.717, 1.165) is 50.6 Å². The Hall–Kier alpha value is -1.58. The van der Waals surface area contributed by atoms with Gasteiger partial charge in [0.05, 0.1) is 0 Å². The number of pyridine rings is 1. The van der Waals surface area contributed by atoms with Crippen LogP contribution in [0.2, 0.25) is 0 Å². The van der Waals surface area contributed by atoms with Crippen LogP contribution in [0.15, 0.2) is 24.4 Å². The molecule has 0 radical (unpaired) electrons. The predicted octanol–water partition coefficient (Wildman–Crippen LogP) is 3.33. The lowest BCUT2D eigenvalue weighted by Crippen LogP contribution is -2.42. The number of amides is 1. The predicted molar refractivity (Wildman–Crippen MR) is 74.2 cm³/mol. The Kier molecular flexibility index (Phi) is 5.19. The zero-order valence-electron chi connectivity index (χ0n) is 11.3. The highest BCUT2D eigenvalue weighted by molar-refractivity contribution is 5.65. The SMILES string of the molecule is O=C(O)N1CCCCC1CCCCc1ccccn1. The molecular formula is C15H22N2O2. The molecule has 0 bridgehead atoms. The number of rotatable bonds is 5. The van der Waals surface area contributed by atoms with E-state index in [2.05, 4.69) is 4.98 Å². The number of carbonyl (C=O) groups is 1. The first-order valence-electron chi connectivity index (χ1n) is 7.17. The van der Waals surface area contributed by atoms with Crippen LogP contribution in [-0.2, 0) is 6.42 Å². The van der Waals surface area contributed by atoms with Crippen molar-refractivity contribution in [3.05, 3.63) is 30.1 Å². The summed E-state index contributed by atoms with van der Waals surface area (Å²) in [5, 5.41) is 9.16. The summed E-state index contributed by atoms with van der Waals surface area (Å²) in [7, 11) is 0. The molecule has 2 rings (SSSR count). The van der Waals surface area contributed by atoms with Gasteiger partial charge in [0.1, 0.15) is 0 Å². The molecule has 4 nitrogen and oxygen atoms in total. The third-order valence-corrected chi connectivity index (χ3v) is 3.82. The highest BCUT2D eigenvalue weighted by atomic mass is 16.4. The summed E-state index contributed by atoms with van der Waals surface area (Å²) < 4.78 is 0. The molecule has 0 spiro atoms. The Morgan fingerprint density at radius 3 is 3.00 bits per heavy atom. The van der Waals surface area contributed by atoms with Crippen LogP contribution in [0, 0.1) is 0 Å². The van der Waals surface area contributed by atoms with Gasteiger partial charge >= 0.3 is 6.09 Å². The summed E-state index contributed by atoms with van der Waals surface area (Å²) in [6.45, 7) is 0.709. The van der Waals surface area contributed by atoms with Crippen molar-refractivity contribution in [3.63, 3.8) is 0 Å². The average Bonchev–Trinajstić information content (AvgIpc) is 2.45. The van der Waals surface area contributed by atoms with Crippen molar-refractivity contribution in [2.75, 3.05) is 6.54 Å². The molecular weight excluding hydrogens is 240 g/mol. The first kappa shape index (κ1) is 13.8. The quantitative estimate of drug-likeness (QED) is 0.828. The molecule has 19 heavy (non-hydrogen) atoms. The number of hydrogen-bond acceptors (Lipinski definition) is 2. The summed E-state index contributed by atoms with van der Waals surface area (Å²) in [6, 6.07) is 6.21. The fourth-order valence-electron chi connectivity index (χ4n) is 2.78. The molecule has 1 aliphatic heterocycles. The molecule has 1 unspecified atom stereocenters. The molecule has 0 aliphatic carbocycles. The van der Waals surface area contributed by atoms with Crippen LogP contribution in [0.25, 0.3) is 0 Å². The van der Waals surface area contributed by atoms with Crippen molar-refractivity contribution >= 4 is 6.09 Å². The summed E-state index contributed by atoms with van der Waals surface area (Å²) in [4.78, 5) is 17.1. The van der Waals surface area contributed by atoms with Crippen LogP contribution in [0.5, 0.6) is 0 Å². The van der Waals surface area contributed by atoms with Crippen molar-refractivity contribution in [3.8, 4) is 0 Å². The highest BCUT2D eigenvalue weighted by Crippen LogP contribution is 2.21. The Morgan fingerprint density at radius 2 is 2.26 bits per heavy atom. The molecule has 1 aromatic rings. The van der Waals surface area contributed by atoms with E-state index in [1.807, 2.05) is 24.4 Å². The number of aryl methyl sites for hydroxylation is 1. The lowest BCUT2D eigenvalue weighted by atomic mass is 9.97. The number of piperidine rings is 1. The highest BCUT2D eigenvalue weighted by Gasteiger charge is 2.25. The topological polar surface area (TPSA) is 53.4 Å². The monoisotopic (exact) mass is 262 g/mol. The standard InChI is InChI=1S/C15H22N2O2/c18-15(19)17-12-6-4-10-14(17)9-2-1-7-13-8-3-5-11-16-13/h3,5,8,11,14H,1-2,4,6-7,9-10,12H2,(H,18,19). The van der Waals surface area contributed by atoms with Crippen molar-refractivity contribution in [1.82, 2.24) is 9.88 Å². The molecule has 1 amide bonds. The van der Waals surface area contributed by atoms with Crippen LogP contribution < -0.4 is 0 Å². The molecule has 1 fully saturated rings. The van der Waals surface area contributed by atoms with Gasteiger partial charge in [-0.05, 0) is 50.7 Å². The zero-order chi connectivity index (χ0) is 13.5. The van der Waals surface area contributed by atoms with E-state index in [-0.39, 0.29) is 6.04 Å². The van der Waals surface area contributed by atoms with E-state index >= 15 is 0 Å². The summed E-state index contributed by atoms with van der Waals surface area (Å²) >= 11 is 0. The number of likely N-dealkylation sites (tertiary alicyclic amines) is 1. The molecule has 1 aliphatic rings. The number of hydrogen-bond donors (Lipinski definition) is 1. The van der Waals surface area contributed by atoms with Gasteiger partial charge < -0.3 is 10.0 Å². The molecule has 1 atom stereocenters. The number of unbranched alkanes of at least 4 members (excludes halogenated alkanes) is 1. The lowest BCUT2D eigenvalue weighted by Gasteiger charge is -2.33. The smallest absolute Gasteiger partial charge is 0.407 e. The van der Waals surface area contributed by atoms with Gasteiger partial charge in [0.15, 0.2) is 0 Å².